The first-order valence-electron chi connectivity index (χ1n) is 8.53. The molecule has 0 atom stereocenters. The molecule has 1 aromatic carbocycles. The number of carboxylic acid groups (broad SMARTS) is 1. The van der Waals surface area contributed by atoms with Gasteiger partial charge in [0.05, 0.1) is 5.70 Å². The Morgan fingerprint density at radius 2 is 2.00 bits per heavy atom. The largest absolute Gasteiger partial charge is 0.481 e. The van der Waals surface area contributed by atoms with Crippen molar-refractivity contribution >= 4 is 17.5 Å². The van der Waals surface area contributed by atoms with Crippen LogP contribution in [0.1, 0.15) is 36.8 Å². The quantitative estimate of drug-likeness (QED) is 0.460. The minimum atomic E-state index is -0.736. The van der Waals surface area contributed by atoms with Crippen LogP contribution >= 0.6 is 0 Å². The van der Waals surface area contributed by atoms with Gasteiger partial charge in [0.2, 0.25) is 0 Å². The number of benzene rings is 1. The van der Waals surface area contributed by atoms with Crippen LogP contribution in [0.5, 0.6) is 0 Å². The Morgan fingerprint density at radius 3 is 2.60 bits per heavy atom. The third-order valence-corrected chi connectivity index (χ3v) is 4.85. The second-order valence-electron chi connectivity index (χ2n) is 6.66. The van der Waals surface area contributed by atoms with Crippen molar-refractivity contribution in [3.05, 3.63) is 41.5 Å². The summed E-state index contributed by atoms with van der Waals surface area (Å²) in [7, 11) is 0. The van der Waals surface area contributed by atoms with E-state index in [1.165, 1.54) is 0 Å². The van der Waals surface area contributed by atoms with Crippen molar-refractivity contribution in [3.8, 4) is 0 Å². The summed E-state index contributed by atoms with van der Waals surface area (Å²) in [6, 6.07) is 7.52. The van der Waals surface area contributed by atoms with Crippen molar-refractivity contribution in [1.29, 1.82) is 5.41 Å². The molecule has 2 heterocycles. The third kappa shape index (κ3) is 4.18. The fourth-order valence-electron chi connectivity index (χ4n) is 3.31. The summed E-state index contributed by atoms with van der Waals surface area (Å²) in [5.41, 5.74) is 10.9. The Kier molecular flexibility index (Phi) is 5.06. The Hall–Kier alpha value is -2.38. The number of rotatable bonds is 6. The summed E-state index contributed by atoms with van der Waals surface area (Å²) in [5, 5.41) is 16.2. The van der Waals surface area contributed by atoms with E-state index in [-0.39, 0.29) is 17.9 Å². The monoisotopic (exact) mass is 344 g/mol. The number of nitrogens with zero attached hydrogens (tertiary/aromatic N) is 1. The molecule has 7 heteroatoms. The zero-order valence-electron chi connectivity index (χ0n) is 14.1. The van der Waals surface area contributed by atoms with Crippen LogP contribution in [0.2, 0.25) is 0 Å². The predicted octanol–water partition coefficient (Wildman–Crippen LogP) is 1.55. The van der Waals surface area contributed by atoms with Crippen LogP contribution in [0.3, 0.4) is 0 Å². The van der Waals surface area contributed by atoms with Crippen LogP contribution in [0, 0.1) is 5.41 Å². The van der Waals surface area contributed by atoms with Crippen LogP contribution < -0.4 is 11.2 Å². The molecule has 0 radical (unpaired) electrons. The van der Waals surface area contributed by atoms with Crippen molar-refractivity contribution in [2.75, 3.05) is 19.6 Å². The molecule has 0 saturated carbocycles. The summed E-state index contributed by atoms with van der Waals surface area (Å²) in [6.07, 6.45) is 4.81. The standard InChI is InChI=1S/C18H24N4O3/c19-17(20)14-5-3-13(4-6-14)15-12-18(25-21-15)7-10-22(11-8-18)9-1-2-16(23)24/h3-6,12,21H,1-2,7-11H2,(H3,19,20)(H,23,24). The average molecular weight is 344 g/mol. The van der Waals surface area contributed by atoms with E-state index in [0.29, 0.717) is 12.0 Å². The van der Waals surface area contributed by atoms with Gasteiger partial charge in [0.15, 0.2) is 0 Å². The van der Waals surface area contributed by atoms with E-state index in [9.17, 15) is 4.79 Å². The molecule has 7 nitrogen and oxygen atoms in total. The van der Waals surface area contributed by atoms with E-state index in [0.717, 1.165) is 43.7 Å². The van der Waals surface area contributed by atoms with Gasteiger partial charge in [-0.1, -0.05) is 24.3 Å². The number of hydroxylamine groups is 1. The lowest BCUT2D eigenvalue weighted by Gasteiger charge is -2.36. The first-order valence-corrected chi connectivity index (χ1v) is 8.53. The Balaban J connectivity index is 1.58. The number of aliphatic carboxylic acids is 1. The molecule has 2 aliphatic rings. The summed E-state index contributed by atoms with van der Waals surface area (Å²) >= 11 is 0. The first kappa shape index (κ1) is 17.4. The van der Waals surface area contributed by atoms with E-state index in [1.54, 1.807) is 0 Å². The number of carbonyl (C=O) groups is 1. The highest BCUT2D eigenvalue weighted by molar-refractivity contribution is 5.95. The lowest BCUT2D eigenvalue weighted by molar-refractivity contribution is -0.137. The molecule has 25 heavy (non-hydrogen) atoms. The predicted molar refractivity (Wildman–Crippen MR) is 94.9 cm³/mol. The van der Waals surface area contributed by atoms with Crippen LogP contribution in [0.15, 0.2) is 30.3 Å². The van der Waals surface area contributed by atoms with Crippen molar-refractivity contribution in [2.24, 2.45) is 5.73 Å². The Morgan fingerprint density at radius 1 is 1.32 bits per heavy atom. The third-order valence-electron chi connectivity index (χ3n) is 4.85. The van der Waals surface area contributed by atoms with Gasteiger partial charge < -0.3 is 15.7 Å². The fraction of sp³-hybridized carbons (Fsp3) is 0.444. The number of nitrogens with two attached hydrogens (primary N) is 1. The number of likely N-dealkylation sites (tertiary alicyclic amines) is 1. The van der Waals surface area contributed by atoms with E-state index >= 15 is 0 Å². The van der Waals surface area contributed by atoms with E-state index < -0.39 is 5.97 Å². The number of hydrogen-bond acceptors (Lipinski definition) is 5. The van der Waals surface area contributed by atoms with Gasteiger partial charge in [-0.25, -0.2) is 0 Å². The minimum Gasteiger partial charge on any atom is -0.481 e. The molecule has 1 spiro atoms. The molecule has 2 aliphatic heterocycles. The maximum absolute atomic E-state index is 10.6. The molecule has 0 aromatic heterocycles. The summed E-state index contributed by atoms with van der Waals surface area (Å²) in [6.45, 7) is 2.61. The highest BCUT2D eigenvalue weighted by Gasteiger charge is 2.38. The molecule has 0 unspecified atom stereocenters. The first-order chi connectivity index (χ1) is 12.0. The van der Waals surface area contributed by atoms with Crippen LogP contribution in [0.25, 0.3) is 5.70 Å². The van der Waals surface area contributed by atoms with Gasteiger partial charge in [0.25, 0.3) is 0 Å². The number of nitrogens with one attached hydrogen (secondary N) is 2. The molecule has 5 N–H and O–H groups in total. The maximum Gasteiger partial charge on any atom is 0.303 e. The van der Waals surface area contributed by atoms with Gasteiger partial charge >= 0.3 is 5.97 Å². The molecule has 0 amide bonds. The van der Waals surface area contributed by atoms with Crippen LogP contribution in [-0.4, -0.2) is 47.0 Å². The number of hydrogen-bond donors (Lipinski definition) is 4. The minimum absolute atomic E-state index is 0.0582. The highest BCUT2D eigenvalue weighted by atomic mass is 16.7. The van der Waals surface area contributed by atoms with E-state index in [4.69, 9.17) is 21.1 Å². The van der Waals surface area contributed by atoms with Crippen molar-refractivity contribution in [3.63, 3.8) is 0 Å². The fourth-order valence-corrected chi connectivity index (χ4v) is 3.31. The zero-order chi connectivity index (χ0) is 17.9. The number of amidine groups is 1. The lowest BCUT2D eigenvalue weighted by atomic mass is 9.90. The van der Waals surface area contributed by atoms with E-state index in [1.807, 2.05) is 24.3 Å². The maximum atomic E-state index is 10.6. The van der Waals surface area contributed by atoms with Crippen LogP contribution in [0.4, 0.5) is 0 Å². The number of nitrogen functional groups attached to an aromatic ring is 1. The Labute approximate surface area is 146 Å². The molecule has 1 saturated heterocycles. The topological polar surface area (TPSA) is 112 Å². The highest BCUT2D eigenvalue weighted by Crippen LogP contribution is 2.34. The number of piperidine rings is 1. The number of carboxylic acids is 1. The van der Waals surface area contributed by atoms with Crippen molar-refractivity contribution < 1.29 is 14.7 Å². The van der Waals surface area contributed by atoms with Gasteiger partial charge in [-0.3, -0.25) is 20.5 Å². The van der Waals surface area contributed by atoms with E-state index in [2.05, 4.69) is 16.5 Å². The molecule has 0 aliphatic carbocycles. The SMILES string of the molecule is N=C(N)c1ccc(C2=CC3(CCN(CCCC(=O)O)CC3)ON2)cc1. The second-order valence-corrected chi connectivity index (χ2v) is 6.66. The molecule has 0 bridgehead atoms. The molecule has 1 fully saturated rings. The molecule has 1 aromatic rings. The van der Waals surface area contributed by atoms with Crippen molar-refractivity contribution in [2.45, 2.75) is 31.3 Å². The average Bonchev–Trinajstić information content (AvgIpc) is 3.00. The molecular formula is C18H24N4O3. The molecular weight excluding hydrogens is 320 g/mol. The smallest absolute Gasteiger partial charge is 0.303 e. The molecule has 134 valence electrons. The van der Waals surface area contributed by atoms with Crippen LogP contribution in [-0.2, 0) is 9.63 Å². The second kappa shape index (κ2) is 7.25. The van der Waals surface area contributed by atoms with Gasteiger partial charge in [-0.2, -0.15) is 0 Å². The zero-order valence-corrected chi connectivity index (χ0v) is 14.1. The summed E-state index contributed by atoms with van der Waals surface area (Å²) < 4.78 is 0. The summed E-state index contributed by atoms with van der Waals surface area (Å²) in [5.74, 6) is -0.678. The lowest BCUT2D eigenvalue weighted by Crippen LogP contribution is -2.44. The summed E-state index contributed by atoms with van der Waals surface area (Å²) in [4.78, 5) is 18.8. The van der Waals surface area contributed by atoms with Gasteiger partial charge in [-0.15, -0.1) is 0 Å². The Bertz CT molecular complexity index is 676. The molecule has 3 rings (SSSR count). The van der Waals surface area contributed by atoms with Crippen molar-refractivity contribution in [1.82, 2.24) is 10.4 Å². The normalized spacial score (nSPS) is 19.4. The van der Waals surface area contributed by atoms with Gasteiger partial charge in [0, 0.05) is 25.1 Å². The van der Waals surface area contributed by atoms with Gasteiger partial charge in [-0.05, 0) is 37.4 Å². The van der Waals surface area contributed by atoms with Gasteiger partial charge in [0.1, 0.15) is 11.4 Å².